The highest BCUT2D eigenvalue weighted by molar-refractivity contribution is 8.00. The Balaban J connectivity index is 2.99. The molecule has 0 aliphatic carbocycles. The molecule has 0 rings (SSSR count). The number of unbranched alkanes of at least 4 members (excludes halogenated alkanes) is 13. The van der Waals surface area contributed by atoms with E-state index in [1.54, 1.807) is 0 Å². The molecule has 0 aromatic rings. The second-order valence-corrected chi connectivity index (χ2v) is 8.89. The third-order valence-corrected chi connectivity index (χ3v) is 4.45. The van der Waals surface area contributed by atoms with Gasteiger partial charge >= 0.3 is 0 Å². The molecule has 2 heteroatoms. The van der Waals surface area contributed by atoms with Crippen LogP contribution in [0.1, 0.15) is 110 Å². The largest absolute Gasteiger partial charge is 0.162 e. The van der Waals surface area contributed by atoms with Crippen LogP contribution in [0.4, 0.5) is 0 Å². The van der Waals surface area contributed by atoms with E-state index in [0.717, 1.165) is 6.42 Å². The molecule has 0 spiro atoms. The molecule has 0 radical (unpaired) electrons. The zero-order valence-corrected chi connectivity index (χ0v) is 15.8. The summed E-state index contributed by atoms with van der Waals surface area (Å²) < 4.78 is -0.0723. The van der Waals surface area contributed by atoms with Gasteiger partial charge in [0.15, 0.2) is 0 Å². The lowest BCUT2D eigenvalue weighted by molar-refractivity contribution is 0.531. The van der Waals surface area contributed by atoms with Crippen LogP contribution in [0.25, 0.3) is 0 Å². The standard InChI is InChI=1S/C18H38S2/c1-3-4-5-6-7-8-9-10-11-12-13-14-15-16-17-18(2,19)20/h19-20H,3-17H2,1-2H3. The molecule has 0 aromatic heterocycles. The Bertz CT molecular complexity index is 184. The monoisotopic (exact) mass is 318 g/mol. The minimum absolute atomic E-state index is 0.0723. The van der Waals surface area contributed by atoms with Crippen LogP contribution in [0.3, 0.4) is 0 Å². The summed E-state index contributed by atoms with van der Waals surface area (Å²) in [7, 11) is 0. The van der Waals surface area contributed by atoms with Crippen molar-refractivity contribution in [2.24, 2.45) is 0 Å². The van der Waals surface area contributed by atoms with Crippen LogP contribution in [0, 0.1) is 0 Å². The topological polar surface area (TPSA) is 0 Å². The van der Waals surface area contributed by atoms with Gasteiger partial charge in [-0.25, -0.2) is 0 Å². The van der Waals surface area contributed by atoms with Crippen molar-refractivity contribution in [1.82, 2.24) is 0 Å². The average molecular weight is 319 g/mol. The zero-order chi connectivity index (χ0) is 15.1. The molecule has 0 aliphatic rings. The van der Waals surface area contributed by atoms with Gasteiger partial charge in [-0.1, -0.05) is 96.8 Å². The van der Waals surface area contributed by atoms with E-state index in [1.807, 2.05) is 0 Å². The first-order valence-electron chi connectivity index (χ1n) is 9.01. The summed E-state index contributed by atoms with van der Waals surface area (Å²) in [5.41, 5.74) is 0. The molecular formula is C18H38S2. The minimum Gasteiger partial charge on any atom is -0.162 e. The van der Waals surface area contributed by atoms with Gasteiger partial charge in [0.1, 0.15) is 0 Å². The third kappa shape index (κ3) is 18.7. The maximum Gasteiger partial charge on any atom is 0.0523 e. The SMILES string of the molecule is CCCCCCCCCCCCCCCCC(C)(S)S. The first kappa shape index (κ1) is 20.7. The summed E-state index contributed by atoms with van der Waals surface area (Å²) in [5, 5.41) is 0. The van der Waals surface area contributed by atoms with Gasteiger partial charge < -0.3 is 0 Å². The zero-order valence-electron chi connectivity index (χ0n) is 14.0. The van der Waals surface area contributed by atoms with Crippen molar-refractivity contribution >= 4 is 25.3 Å². The molecule has 0 aliphatic heterocycles. The molecule has 0 bridgehead atoms. The van der Waals surface area contributed by atoms with Crippen molar-refractivity contribution in [3.8, 4) is 0 Å². The molecule has 0 N–H and O–H groups in total. The predicted molar refractivity (Wildman–Crippen MR) is 101 cm³/mol. The van der Waals surface area contributed by atoms with Crippen LogP contribution in [0.2, 0.25) is 0 Å². The van der Waals surface area contributed by atoms with Crippen LogP contribution >= 0.6 is 25.3 Å². The van der Waals surface area contributed by atoms with E-state index in [2.05, 4.69) is 39.1 Å². The van der Waals surface area contributed by atoms with Crippen molar-refractivity contribution < 1.29 is 0 Å². The van der Waals surface area contributed by atoms with E-state index in [0.29, 0.717) is 0 Å². The predicted octanol–water partition coefficient (Wildman–Crippen LogP) is 7.43. The lowest BCUT2D eigenvalue weighted by Crippen LogP contribution is -2.05. The smallest absolute Gasteiger partial charge is 0.0523 e. The fourth-order valence-corrected chi connectivity index (χ4v) is 2.97. The van der Waals surface area contributed by atoms with Gasteiger partial charge in [-0.05, 0) is 13.3 Å². The highest BCUT2D eigenvalue weighted by Gasteiger charge is 2.10. The van der Waals surface area contributed by atoms with Crippen molar-refractivity contribution in [1.29, 1.82) is 0 Å². The molecule has 122 valence electrons. The van der Waals surface area contributed by atoms with E-state index >= 15 is 0 Å². The minimum atomic E-state index is -0.0723. The van der Waals surface area contributed by atoms with Crippen LogP contribution in [-0.4, -0.2) is 4.08 Å². The van der Waals surface area contributed by atoms with Gasteiger partial charge in [0.25, 0.3) is 0 Å². The molecule has 0 amide bonds. The van der Waals surface area contributed by atoms with Crippen LogP contribution in [-0.2, 0) is 0 Å². The van der Waals surface area contributed by atoms with Crippen LogP contribution < -0.4 is 0 Å². The Hall–Kier alpha value is 0.700. The number of hydrogen-bond donors (Lipinski definition) is 2. The van der Waals surface area contributed by atoms with Crippen molar-refractivity contribution in [2.75, 3.05) is 0 Å². The molecule has 0 atom stereocenters. The van der Waals surface area contributed by atoms with Gasteiger partial charge in [-0.15, -0.1) is 0 Å². The van der Waals surface area contributed by atoms with Crippen molar-refractivity contribution in [3.05, 3.63) is 0 Å². The first-order valence-corrected chi connectivity index (χ1v) is 9.90. The Kier molecular flexibility index (Phi) is 15.1. The fraction of sp³-hybridized carbons (Fsp3) is 1.00. The summed E-state index contributed by atoms with van der Waals surface area (Å²) in [6.45, 7) is 4.37. The second kappa shape index (κ2) is 14.6. The molecule has 0 saturated heterocycles. The molecule has 0 fully saturated rings. The first-order chi connectivity index (χ1) is 9.56. The molecular weight excluding hydrogens is 280 g/mol. The average Bonchev–Trinajstić information content (AvgIpc) is 2.38. The molecule has 0 nitrogen and oxygen atoms in total. The highest BCUT2D eigenvalue weighted by Crippen LogP contribution is 2.25. The Morgan fingerprint density at radius 1 is 0.550 bits per heavy atom. The van der Waals surface area contributed by atoms with Crippen LogP contribution in [0.15, 0.2) is 0 Å². The maximum absolute atomic E-state index is 4.44. The Morgan fingerprint density at radius 2 is 0.850 bits per heavy atom. The van der Waals surface area contributed by atoms with Crippen molar-refractivity contribution in [2.45, 2.75) is 114 Å². The number of hydrogen-bond acceptors (Lipinski definition) is 2. The summed E-state index contributed by atoms with van der Waals surface area (Å²) in [6, 6.07) is 0. The molecule has 0 unspecified atom stereocenters. The molecule has 0 heterocycles. The van der Waals surface area contributed by atoms with Gasteiger partial charge in [0, 0.05) is 0 Å². The lowest BCUT2D eigenvalue weighted by Gasteiger charge is -2.15. The van der Waals surface area contributed by atoms with Gasteiger partial charge in [-0.2, -0.15) is 25.3 Å². The maximum atomic E-state index is 4.44. The lowest BCUT2D eigenvalue weighted by atomic mass is 10.0. The fourth-order valence-electron chi connectivity index (χ4n) is 2.65. The normalized spacial score (nSPS) is 12.0. The summed E-state index contributed by atoms with van der Waals surface area (Å²) >= 11 is 8.87. The quantitative estimate of drug-likeness (QED) is 0.175. The highest BCUT2D eigenvalue weighted by atomic mass is 32.2. The van der Waals surface area contributed by atoms with Gasteiger partial charge in [0.05, 0.1) is 4.08 Å². The summed E-state index contributed by atoms with van der Waals surface area (Å²) in [6.07, 6.45) is 21.0. The van der Waals surface area contributed by atoms with E-state index in [9.17, 15) is 0 Å². The number of rotatable bonds is 15. The van der Waals surface area contributed by atoms with E-state index < -0.39 is 0 Å². The Morgan fingerprint density at radius 3 is 1.15 bits per heavy atom. The van der Waals surface area contributed by atoms with Gasteiger partial charge in [-0.3, -0.25) is 0 Å². The van der Waals surface area contributed by atoms with Gasteiger partial charge in [0.2, 0.25) is 0 Å². The summed E-state index contributed by atoms with van der Waals surface area (Å²) in [4.78, 5) is 0. The molecule has 0 saturated carbocycles. The number of thiol groups is 2. The Labute approximate surface area is 139 Å². The molecule has 20 heavy (non-hydrogen) atoms. The second-order valence-electron chi connectivity index (χ2n) is 6.56. The van der Waals surface area contributed by atoms with Crippen molar-refractivity contribution in [3.63, 3.8) is 0 Å². The van der Waals surface area contributed by atoms with E-state index in [1.165, 1.54) is 89.9 Å². The molecule has 0 aromatic carbocycles. The van der Waals surface area contributed by atoms with E-state index in [-0.39, 0.29) is 4.08 Å². The summed E-state index contributed by atoms with van der Waals surface area (Å²) in [5.74, 6) is 0. The van der Waals surface area contributed by atoms with Crippen LogP contribution in [0.5, 0.6) is 0 Å². The third-order valence-electron chi connectivity index (χ3n) is 4.00. The van der Waals surface area contributed by atoms with E-state index in [4.69, 9.17) is 0 Å².